The molecule has 3 aromatic rings. The number of fused-ring (bicyclic) bond motifs is 1. The van der Waals surface area contributed by atoms with Gasteiger partial charge in [0.2, 0.25) is 11.8 Å². The standard InChI is InChI=1S/C28H33N5O4/c1-19-4-5-23(26(14-19)37-3)18-32-27(35)9-12-31(28(32)36)25-17-29-33-13-8-22(16-24(25)33)15-21-6-10-30(11-7-21)20(2)34/h4-5,8,13-14,16-17,21H,6-7,9-12,15,18H2,1-3H3. The van der Waals surface area contributed by atoms with E-state index in [2.05, 4.69) is 17.2 Å². The van der Waals surface area contributed by atoms with Gasteiger partial charge in [-0.3, -0.25) is 19.4 Å². The number of rotatable bonds is 6. The normalized spacial score (nSPS) is 17.1. The molecule has 0 bridgehead atoms. The number of anilines is 1. The number of piperidine rings is 1. The summed E-state index contributed by atoms with van der Waals surface area (Å²) in [4.78, 5) is 42.8. The Hall–Kier alpha value is -3.88. The third kappa shape index (κ3) is 5.03. The van der Waals surface area contributed by atoms with Gasteiger partial charge in [-0.2, -0.15) is 5.10 Å². The van der Waals surface area contributed by atoms with Crippen LogP contribution in [0.4, 0.5) is 10.5 Å². The molecule has 1 aromatic carbocycles. The molecule has 4 amide bonds. The molecular weight excluding hydrogens is 470 g/mol. The molecule has 9 heteroatoms. The number of ether oxygens (including phenoxy) is 1. The van der Waals surface area contributed by atoms with E-state index >= 15 is 0 Å². The van der Waals surface area contributed by atoms with Crippen molar-refractivity contribution in [1.29, 1.82) is 0 Å². The van der Waals surface area contributed by atoms with Crippen molar-refractivity contribution in [3.05, 3.63) is 59.4 Å². The van der Waals surface area contributed by atoms with Crippen molar-refractivity contribution in [2.24, 2.45) is 5.92 Å². The van der Waals surface area contributed by atoms with E-state index in [9.17, 15) is 14.4 Å². The minimum Gasteiger partial charge on any atom is -0.496 e. The number of methoxy groups -OCH3 is 1. The lowest BCUT2D eigenvalue weighted by Crippen LogP contribution is -2.52. The van der Waals surface area contributed by atoms with E-state index in [1.54, 1.807) is 29.6 Å². The number of hydrogen-bond donors (Lipinski definition) is 0. The van der Waals surface area contributed by atoms with Gasteiger partial charge in [0.15, 0.2) is 0 Å². The summed E-state index contributed by atoms with van der Waals surface area (Å²) in [6, 6.07) is 9.57. The quantitative estimate of drug-likeness (QED) is 0.511. The van der Waals surface area contributed by atoms with E-state index in [4.69, 9.17) is 4.74 Å². The first-order chi connectivity index (χ1) is 17.8. The molecule has 0 N–H and O–H groups in total. The first kappa shape index (κ1) is 24.8. The molecule has 194 valence electrons. The lowest BCUT2D eigenvalue weighted by Gasteiger charge is -2.34. The van der Waals surface area contributed by atoms with E-state index in [1.165, 1.54) is 10.5 Å². The van der Waals surface area contributed by atoms with Gasteiger partial charge in [0.25, 0.3) is 0 Å². The second-order valence-electron chi connectivity index (χ2n) is 10.0. The number of urea groups is 1. The Labute approximate surface area is 216 Å². The van der Waals surface area contributed by atoms with Crippen molar-refractivity contribution < 1.29 is 19.1 Å². The van der Waals surface area contributed by atoms with Gasteiger partial charge in [-0.1, -0.05) is 12.1 Å². The van der Waals surface area contributed by atoms with Gasteiger partial charge in [-0.15, -0.1) is 0 Å². The zero-order valence-corrected chi connectivity index (χ0v) is 21.6. The maximum absolute atomic E-state index is 13.6. The molecule has 2 saturated heterocycles. The van der Waals surface area contributed by atoms with Gasteiger partial charge in [0.1, 0.15) is 5.75 Å². The average Bonchev–Trinajstić information content (AvgIpc) is 3.30. The maximum Gasteiger partial charge on any atom is 0.331 e. The third-order valence-electron chi connectivity index (χ3n) is 7.52. The van der Waals surface area contributed by atoms with Crippen LogP contribution in [0.15, 0.2) is 42.7 Å². The molecule has 0 unspecified atom stereocenters. The molecule has 5 rings (SSSR count). The molecule has 9 nitrogen and oxygen atoms in total. The van der Waals surface area contributed by atoms with E-state index in [-0.39, 0.29) is 30.8 Å². The minimum absolute atomic E-state index is 0.142. The van der Waals surface area contributed by atoms with E-state index in [1.807, 2.05) is 36.2 Å². The Balaban J connectivity index is 1.35. The Morgan fingerprint density at radius 2 is 1.89 bits per heavy atom. The number of carbonyl (C=O) groups excluding carboxylic acids is 3. The van der Waals surface area contributed by atoms with Crippen LogP contribution in [0.3, 0.4) is 0 Å². The number of nitrogens with zero attached hydrogens (tertiary/aromatic N) is 5. The Bertz CT molecular complexity index is 1340. The fourth-order valence-electron chi connectivity index (χ4n) is 5.35. The molecule has 0 atom stereocenters. The Morgan fingerprint density at radius 3 is 2.62 bits per heavy atom. The summed E-state index contributed by atoms with van der Waals surface area (Å²) in [7, 11) is 1.59. The van der Waals surface area contributed by atoms with Crippen molar-refractivity contribution in [3.63, 3.8) is 0 Å². The molecule has 2 fully saturated rings. The zero-order chi connectivity index (χ0) is 26.1. The Kier molecular flexibility index (Phi) is 6.86. The zero-order valence-electron chi connectivity index (χ0n) is 21.6. The number of aryl methyl sites for hydroxylation is 1. The molecule has 2 aliphatic heterocycles. The van der Waals surface area contributed by atoms with Crippen LogP contribution in [-0.4, -0.2) is 64.0 Å². The van der Waals surface area contributed by atoms with Crippen LogP contribution in [0.2, 0.25) is 0 Å². The highest BCUT2D eigenvalue weighted by atomic mass is 16.5. The molecule has 0 spiro atoms. The first-order valence-corrected chi connectivity index (χ1v) is 12.8. The van der Waals surface area contributed by atoms with Crippen LogP contribution in [0.1, 0.15) is 42.9 Å². The second-order valence-corrected chi connectivity index (χ2v) is 10.0. The smallest absolute Gasteiger partial charge is 0.331 e. The summed E-state index contributed by atoms with van der Waals surface area (Å²) in [6.07, 6.45) is 6.75. The predicted molar refractivity (Wildman–Crippen MR) is 140 cm³/mol. The molecule has 2 aromatic heterocycles. The SMILES string of the molecule is COc1cc(C)ccc1CN1C(=O)CCN(c2cnn3ccc(CC4CCN(C(C)=O)CC4)cc23)C1=O. The number of carbonyl (C=O) groups is 3. The lowest BCUT2D eigenvalue weighted by molar-refractivity contribution is -0.130. The van der Waals surface area contributed by atoms with Crippen LogP contribution in [-0.2, 0) is 22.6 Å². The first-order valence-electron chi connectivity index (χ1n) is 12.8. The summed E-state index contributed by atoms with van der Waals surface area (Å²) < 4.78 is 7.26. The number of hydrogen-bond acceptors (Lipinski definition) is 5. The largest absolute Gasteiger partial charge is 0.496 e. The summed E-state index contributed by atoms with van der Waals surface area (Å²) in [5.41, 5.74) is 4.55. The van der Waals surface area contributed by atoms with Crippen molar-refractivity contribution in [1.82, 2.24) is 19.4 Å². The number of likely N-dealkylation sites (tertiary alicyclic amines) is 1. The topological polar surface area (TPSA) is 87.5 Å². The third-order valence-corrected chi connectivity index (χ3v) is 7.52. The van der Waals surface area contributed by atoms with Gasteiger partial charge < -0.3 is 9.64 Å². The molecule has 4 heterocycles. The summed E-state index contributed by atoms with van der Waals surface area (Å²) >= 11 is 0. The van der Waals surface area contributed by atoms with Gasteiger partial charge in [-0.25, -0.2) is 9.31 Å². The number of amides is 4. The van der Waals surface area contributed by atoms with E-state index in [0.717, 1.165) is 49.0 Å². The summed E-state index contributed by atoms with van der Waals surface area (Å²) in [5, 5.41) is 4.47. The summed E-state index contributed by atoms with van der Waals surface area (Å²) in [5.74, 6) is 1.12. The molecule has 0 radical (unpaired) electrons. The van der Waals surface area contributed by atoms with Crippen molar-refractivity contribution >= 4 is 29.0 Å². The highest BCUT2D eigenvalue weighted by Gasteiger charge is 2.35. The van der Waals surface area contributed by atoms with Gasteiger partial charge >= 0.3 is 6.03 Å². The highest BCUT2D eigenvalue weighted by molar-refractivity contribution is 6.07. The maximum atomic E-state index is 13.6. The number of aromatic nitrogens is 2. The monoisotopic (exact) mass is 503 g/mol. The molecule has 37 heavy (non-hydrogen) atoms. The van der Waals surface area contributed by atoms with Crippen LogP contribution >= 0.6 is 0 Å². The fraction of sp³-hybridized carbons (Fsp3) is 0.429. The van der Waals surface area contributed by atoms with Crippen molar-refractivity contribution in [2.75, 3.05) is 31.6 Å². The van der Waals surface area contributed by atoms with Crippen LogP contribution in [0, 0.1) is 12.8 Å². The number of imide groups is 1. The summed E-state index contributed by atoms with van der Waals surface area (Å²) in [6.45, 7) is 5.68. The lowest BCUT2D eigenvalue weighted by atomic mass is 9.90. The molecule has 0 aliphatic carbocycles. The average molecular weight is 504 g/mol. The predicted octanol–water partition coefficient (Wildman–Crippen LogP) is 3.81. The molecule has 0 saturated carbocycles. The van der Waals surface area contributed by atoms with E-state index in [0.29, 0.717) is 23.9 Å². The van der Waals surface area contributed by atoms with Gasteiger partial charge in [0, 0.05) is 44.7 Å². The van der Waals surface area contributed by atoms with E-state index < -0.39 is 0 Å². The minimum atomic E-state index is -0.351. The number of pyridine rings is 1. The second kappa shape index (κ2) is 10.2. The van der Waals surface area contributed by atoms with Gasteiger partial charge in [-0.05, 0) is 61.4 Å². The van der Waals surface area contributed by atoms with Crippen molar-refractivity contribution in [2.45, 2.75) is 46.1 Å². The van der Waals surface area contributed by atoms with Gasteiger partial charge in [0.05, 0.1) is 31.1 Å². The highest BCUT2D eigenvalue weighted by Crippen LogP contribution is 2.30. The van der Waals surface area contributed by atoms with Crippen LogP contribution in [0.25, 0.3) is 5.52 Å². The Morgan fingerprint density at radius 1 is 1.11 bits per heavy atom. The molecular formula is C28H33N5O4. The fourth-order valence-corrected chi connectivity index (χ4v) is 5.35. The van der Waals surface area contributed by atoms with Crippen molar-refractivity contribution in [3.8, 4) is 5.75 Å². The van der Waals surface area contributed by atoms with Crippen LogP contribution in [0.5, 0.6) is 5.75 Å². The van der Waals surface area contributed by atoms with Crippen LogP contribution < -0.4 is 9.64 Å². The number of benzene rings is 1. The molecule has 2 aliphatic rings.